The summed E-state index contributed by atoms with van der Waals surface area (Å²) in [5.74, 6) is 1.77. The molecule has 6 heteroatoms. The maximum absolute atomic E-state index is 6.06. The molecule has 27 heavy (non-hydrogen) atoms. The van der Waals surface area contributed by atoms with Crippen LogP contribution in [0, 0.1) is 0 Å². The number of hydrogen-bond acceptors (Lipinski definition) is 4. The SMILES string of the molecule is c1ccc(C[C@@H]2c3nc[nH]c3CCN2Cc2ccc(-c3ccn[nH]3)o2)cc1. The molecule has 0 aliphatic carbocycles. The highest BCUT2D eigenvalue weighted by atomic mass is 16.3. The van der Waals surface area contributed by atoms with Crippen LogP contribution in [0.1, 0.15) is 28.8 Å². The number of aromatic amines is 2. The van der Waals surface area contributed by atoms with E-state index in [1.807, 2.05) is 18.5 Å². The highest BCUT2D eigenvalue weighted by Crippen LogP contribution is 2.32. The zero-order valence-corrected chi connectivity index (χ0v) is 14.9. The minimum absolute atomic E-state index is 0.239. The van der Waals surface area contributed by atoms with E-state index in [0.29, 0.717) is 0 Å². The third kappa shape index (κ3) is 3.19. The number of benzene rings is 1. The highest BCUT2D eigenvalue weighted by molar-refractivity contribution is 5.51. The lowest BCUT2D eigenvalue weighted by Crippen LogP contribution is -2.36. The Balaban J connectivity index is 1.40. The summed E-state index contributed by atoms with van der Waals surface area (Å²) in [6, 6.07) is 16.8. The van der Waals surface area contributed by atoms with Gasteiger partial charge in [0.25, 0.3) is 0 Å². The molecular formula is C21H21N5O. The van der Waals surface area contributed by atoms with Crippen LogP contribution in [0.3, 0.4) is 0 Å². The maximum atomic E-state index is 6.06. The summed E-state index contributed by atoms with van der Waals surface area (Å²) < 4.78 is 6.06. The van der Waals surface area contributed by atoms with Gasteiger partial charge in [0.05, 0.1) is 24.6 Å². The van der Waals surface area contributed by atoms with Gasteiger partial charge in [-0.25, -0.2) is 4.98 Å². The molecule has 0 bridgehead atoms. The van der Waals surface area contributed by atoms with Crippen molar-refractivity contribution in [1.29, 1.82) is 0 Å². The number of H-pyrrole nitrogens is 2. The topological polar surface area (TPSA) is 73.7 Å². The van der Waals surface area contributed by atoms with Crippen molar-refractivity contribution in [3.8, 4) is 11.5 Å². The van der Waals surface area contributed by atoms with E-state index in [2.05, 4.69) is 61.5 Å². The number of aromatic nitrogens is 4. The predicted octanol–water partition coefficient (Wildman–Crippen LogP) is 3.73. The van der Waals surface area contributed by atoms with Gasteiger partial charge in [-0.15, -0.1) is 0 Å². The molecule has 0 spiro atoms. The Morgan fingerprint density at radius 2 is 2.04 bits per heavy atom. The van der Waals surface area contributed by atoms with E-state index in [1.54, 1.807) is 6.20 Å². The van der Waals surface area contributed by atoms with E-state index in [0.717, 1.165) is 48.8 Å². The summed E-state index contributed by atoms with van der Waals surface area (Å²) >= 11 is 0. The second kappa shape index (κ2) is 6.89. The molecule has 0 radical (unpaired) electrons. The zero-order valence-electron chi connectivity index (χ0n) is 14.9. The first-order valence-electron chi connectivity index (χ1n) is 9.25. The third-order valence-corrected chi connectivity index (χ3v) is 5.22. The van der Waals surface area contributed by atoms with Gasteiger partial charge in [0.15, 0.2) is 5.76 Å². The van der Waals surface area contributed by atoms with Crippen molar-refractivity contribution in [3.05, 3.63) is 83.8 Å². The van der Waals surface area contributed by atoms with Crippen molar-refractivity contribution >= 4 is 0 Å². The first-order chi connectivity index (χ1) is 13.4. The lowest BCUT2D eigenvalue weighted by atomic mass is 9.96. The Hall–Kier alpha value is -3.12. The molecule has 1 atom stereocenters. The number of imidazole rings is 1. The quantitative estimate of drug-likeness (QED) is 0.569. The predicted molar refractivity (Wildman–Crippen MR) is 102 cm³/mol. The summed E-state index contributed by atoms with van der Waals surface area (Å²) in [7, 11) is 0. The molecule has 6 nitrogen and oxygen atoms in total. The standard InChI is InChI=1S/C21H21N5O/c1-2-4-15(5-3-1)12-19-21-18(22-14-23-21)9-11-26(19)13-16-6-7-20(27-16)17-8-10-24-25-17/h1-8,10,14,19H,9,11-13H2,(H,22,23)(H,24,25)/t19-/m1/s1. The van der Waals surface area contributed by atoms with Crippen molar-refractivity contribution in [2.45, 2.75) is 25.4 Å². The third-order valence-electron chi connectivity index (χ3n) is 5.22. The van der Waals surface area contributed by atoms with Crippen LogP contribution in [-0.4, -0.2) is 31.6 Å². The molecular weight excluding hydrogens is 338 g/mol. The summed E-state index contributed by atoms with van der Waals surface area (Å²) in [5, 5.41) is 6.94. The molecule has 0 saturated heterocycles. The Bertz CT molecular complexity index is 1000. The fraction of sp³-hybridized carbons (Fsp3) is 0.238. The van der Waals surface area contributed by atoms with Gasteiger partial charge < -0.3 is 9.40 Å². The second-order valence-electron chi connectivity index (χ2n) is 6.93. The number of nitrogens with one attached hydrogen (secondary N) is 2. The van der Waals surface area contributed by atoms with Crippen LogP contribution in [0.2, 0.25) is 0 Å². The van der Waals surface area contributed by atoms with E-state index in [9.17, 15) is 0 Å². The normalized spacial score (nSPS) is 17.1. The first-order valence-corrected chi connectivity index (χ1v) is 9.25. The van der Waals surface area contributed by atoms with Gasteiger partial charge in [0, 0.05) is 24.9 Å². The Morgan fingerprint density at radius 1 is 1.11 bits per heavy atom. The monoisotopic (exact) mass is 359 g/mol. The summed E-state index contributed by atoms with van der Waals surface area (Å²) in [6.45, 7) is 1.74. The summed E-state index contributed by atoms with van der Waals surface area (Å²) in [5.41, 5.74) is 4.63. The van der Waals surface area contributed by atoms with Gasteiger partial charge in [-0.2, -0.15) is 5.10 Å². The Kier molecular flexibility index (Phi) is 4.10. The van der Waals surface area contributed by atoms with Crippen molar-refractivity contribution in [1.82, 2.24) is 25.1 Å². The molecule has 0 unspecified atom stereocenters. The van der Waals surface area contributed by atoms with Crippen LogP contribution in [0.25, 0.3) is 11.5 Å². The van der Waals surface area contributed by atoms with Crippen molar-refractivity contribution in [2.75, 3.05) is 6.54 Å². The van der Waals surface area contributed by atoms with E-state index >= 15 is 0 Å². The number of fused-ring (bicyclic) bond motifs is 1. The molecule has 2 N–H and O–H groups in total. The number of rotatable bonds is 5. The summed E-state index contributed by atoms with van der Waals surface area (Å²) in [4.78, 5) is 10.4. The molecule has 136 valence electrons. The van der Waals surface area contributed by atoms with E-state index in [-0.39, 0.29) is 6.04 Å². The highest BCUT2D eigenvalue weighted by Gasteiger charge is 2.30. The van der Waals surface area contributed by atoms with Crippen LogP contribution in [0.15, 0.2) is 65.5 Å². The van der Waals surface area contributed by atoms with Gasteiger partial charge in [-0.1, -0.05) is 30.3 Å². The maximum Gasteiger partial charge on any atom is 0.152 e. The zero-order chi connectivity index (χ0) is 18.1. The number of hydrogen-bond donors (Lipinski definition) is 2. The molecule has 0 fully saturated rings. The van der Waals surface area contributed by atoms with Gasteiger partial charge >= 0.3 is 0 Å². The van der Waals surface area contributed by atoms with E-state index < -0.39 is 0 Å². The number of furan rings is 1. The molecule has 1 aliphatic rings. The molecule has 1 aliphatic heterocycles. The van der Waals surface area contributed by atoms with Gasteiger partial charge in [-0.3, -0.25) is 10.00 Å². The first kappa shape index (κ1) is 16.1. The van der Waals surface area contributed by atoms with Crippen LogP contribution in [-0.2, 0) is 19.4 Å². The molecule has 0 saturated carbocycles. The van der Waals surface area contributed by atoms with Crippen LogP contribution in [0.5, 0.6) is 0 Å². The minimum atomic E-state index is 0.239. The number of nitrogens with zero attached hydrogens (tertiary/aromatic N) is 3. The van der Waals surface area contributed by atoms with Crippen LogP contribution < -0.4 is 0 Å². The molecule has 3 aromatic heterocycles. The smallest absolute Gasteiger partial charge is 0.152 e. The lowest BCUT2D eigenvalue weighted by Gasteiger charge is -2.34. The van der Waals surface area contributed by atoms with E-state index in [1.165, 1.54) is 11.3 Å². The molecule has 4 heterocycles. The largest absolute Gasteiger partial charge is 0.458 e. The molecule has 0 amide bonds. The van der Waals surface area contributed by atoms with E-state index in [4.69, 9.17) is 4.42 Å². The van der Waals surface area contributed by atoms with Crippen LogP contribution >= 0.6 is 0 Å². The fourth-order valence-electron chi connectivity index (χ4n) is 3.86. The van der Waals surface area contributed by atoms with Crippen molar-refractivity contribution < 1.29 is 4.42 Å². The minimum Gasteiger partial charge on any atom is -0.458 e. The van der Waals surface area contributed by atoms with Gasteiger partial charge in [0.2, 0.25) is 0 Å². The van der Waals surface area contributed by atoms with Crippen LogP contribution in [0.4, 0.5) is 0 Å². The molecule has 5 rings (SSSR count). The average Bonchev–Trinajstić information content (AvgIpc) is 3.46. The average molecular weight is 359 g/mol. The van der Waals surface area contributed by atoms with Crippen molar-refractivity contribution in [3.63, 3.8) is 0 Å². The van der Waals surface area contributed by atoms with Crippen molar-refractivity contribution in [2.24, 2.45) is 0 Å². The second-order valence-corrected chi connectivity index (χ2v) is 6.93. The fourth-order valence-corrected chi connectivity index (χ4v) is 3.86. The molecule has 4 aromatic rings. The molecule has 1 aromatic carbocycles. The van der Waals surface area contributed by atoms with Gasteiger partial charge in [-0.05, 0) is 30.2 Å². The summed E-state index contributed by atoms with van der Waals surface area (Å²) in [6.07, 6.45) is 5.47. The Morgan fingerprint density at radius 3 is 2.89 bits per heavy atom. The Labute approximate surface area is 157 Å². The van der Waals surface area contributed by atoms with Gasteiger partial charge in [0.1, 0.15) is 11.5 Å². The lowest BCUT2D eigenvalue weighted by molar-refractivity contribution is 0.158.